The fourth-order valence-corrected chi connectivity index (χ4v) is 2.93. The Hall–Kier alpha value is -1.58. The van der Waals surface area contributed by atoms with Crippen molar-refractivity contribution >= 4 is 11.6 Å². The van der Waals surface area contributed by atoms with Crippen molar-refractivity contribution in [2.75, 3.05) is 18.4 Å². The lowest BCUT2D eigenvalue weighted by molar-refractivity contribution is 0.0679. The van der Waals surface area contributed by atoms with Gasteiger partial charge in [0.2, 0.25) is 0 Å². The molecule has 110 valence electrons. The van der Waals surface area contributed by atoms with Gasteiger partial charge in [-0.3, -0.25) is 9.78 Å². The molecule has 0 spiro atoms. The molecule has 1 aliphatic heterocycles. The molecule has 1 amide bonds. The largest absolute Gasteiger partial charge is 0.385 e. The van der Waals surface area contributed by atoms with Crippen molar-refractivity contribution in [1.29, 1.82) is 0 Å². The van der Waals surface area contributed by atoms with Gasteiger partial charge in [-0.05, 0) is 32.3 Å². The van der Waals surface area contributed by atoms with E-state index in [1.54, 1.807) is 12.4 Å². The SMILES string of the molecule is CCNc1ccncc1C(=O)N1CCCCCC1CC. The summed E-state index contributed by atoms with van der Waals surface area (Å²) >= 11 is 0. The molecule has 1 N–H and O–H groups in total. The molecule has 1 fully saturated rings. The number of hydrogen-bond acceptors (Lipinski definition) is 3. The Morgan fingerprint density at radius 2 is 2.25 bits per heavy atom. The van der Waals surface area contributed by atoms with E-state index in [1.165, 1.54) is 12.8 Å². The van der Waals surface area contributed by atoms with Crippen LogP contribution in [0.1, 0.15) is 56.3 Å². The van der Waals surface area contributed by atoms with Crippen LogP contribution in [0.2, 0.25) is 0 Å². The van der Waals surface area contributed by atoms with Crippen LogP contribution in [0.3, 0.4) is 0 Å². The van der Waals surface area contributed by atoms with Gasteiger partial charge >= 0.3 is 0 Å². The van der Waals surface area contributed by atoms with Gasteiger partial charge in [-0.2, -0.15) is 0 Å². The number of nitrogens with zero attached hydrogens (tertiary/aromatic N) is 2. The number of carbonyl (C=O) groups excluding carboxylic acids is 1. The summed E-state index contributed by atoms with van der Waals surface area (Å²) in [5.74, 6) is 0.128. The van der Waals surface area contributed by atoms with Crippen molar-refractivity contribution in [2.45, 2.75) is 52.0 Å². The molecule has 1 saturated heterocycles. The smallest absolute Gasteiger partial charge is 0.257 e. The van der Waals surface area contributed by atoms with E-state index in [1.807, 2.05) is 13.0 Å². The minimum absolute atomic E-state index is 0.128. The summed E-state index contributed by atoms with van der Waals surface area (Å²) in [7, 11) is 0. The van der Waals surface area contributed by atoms with Gasteiger partial charge in [-0.15, -0.1) is 0 Å². The lowest BCUT2D eigenvalue weighted by atomic mass is 10.1. The van der Waals surface area contributed by atoms with E-state index in [4.69, 9.17) is 0 Å². The maximum atomic E-state index is 12.9. The van der Waals surface area contributed by atoms with Crippen molar-refractivity contribution < 1.29 is 4.79 Å². The highest BCUT2D eigenvalue weighted by molar-refractivity contribution is 5.99. The Labute approximate surface area is 121 Å². The van der Waals surface area contributed by atoms with Gasteiger partial charge in [-0.1, -0.05) is 19.8 Å². The second kappa shape index (κ2) is 7.27. The van der Waals surface area contributed by atoms with Gasteiger partial charge in [0, 0.05) is 31.5 Å². The van der Waals surface area contributed by atoms with Crippen molar-refractivity contribution in [3.05, 3.63) is 24.0 Å². The monoisotopic (exact) mass is 275 g/mol. The minimum atomic E-state index is 0.128. The van der Waals surface area contributed by atoms with E-state index < -0.39 is 0 Å². The maximum absolute atomic E-state index is 12.9. The van der Waals surface area contributed by atoms with Crippen LogP contribution in [0.4, 0.5) is 5.69 Å². The van der Waals surface area contributed by atoms with E-state index in [-0.39, 0.29) is 5.91 Å². The number of carbonyl (C=O) groups is 1. The average Bonchev–Trinajstić information content (AvgIpc) is 2.72. The first-order chi connectivity index (χ1) is 9.77. The number of anilines is 1. The molecule has 0 bridgehead atoms. The number of hydrogen-bond donors (Lipinski definition) is 1. The number of rotatable bonds is 4. The van der Waals surface area contributed by atoms with E-state index in [0.29, 0.717) is 11.6 Å². The Morgan fingerprint density at radius 1 is 1.40 bits per heavy atom. The Morgan fingerprint density at radius 3 is 3.00 bits per heavy atom. The van der Waals surface area contributed by atoms with Gasteiger partial charge in [-0.25, -0.2) is 0 Å². The number of nitrogens with one attached hydrogen (secondary N) is 1. The van der Waals surface area contributed by atoms with Crippen molar-refractivity contribution in [3.8, 4) is 0 Å². The summed E-state index contributed by atoms with van der Waals surface area (Å²) in [6, 6.07) is 2.26. The quantitative estimate of drug-likeness (QED) is 0.917. The molecule has 4 nitrogen and oxygen atoms in total. The normalized spacial score (nSPS) is 19.5. The van der Waals surface area contributed by atoms with Gasteiger partial charge in [0.05, 0.1) is 11.3 Å². The third-order valence-corrected chi connectivity index (χ3v) is 4.03. The van der Waals surface area contributed by atoms with Gasteiger partial charge in [0.1, 0.15) is 0 Å². The molecule has 1 aromatic rings. The minimum Gasteiger partial charge on any atom is -0.385 e. The summed E-state index contributed by atoms with van der Waals surface area (Å²) in [4.78, 5) is 19.1. The van der Waals surface area contributed by atoms with Crippen LogP contribution in [0, 0.1) is 0 Å². The van der Waals surface area contributed by atoms with Gasteiger partial charge in [0.25, 0.3) is 5.91 Å². The van der Waals surface area contributed by atoms with Crippen LogP contribution in [0.25, 0.3) is 0 Å². The summed E-state index contributed by atoms with van der Waals surface area (Å²) in [6.45, 7) is 5.89. The third-order valence-electron chi connectivity index (χ3n) is 4.03. The molecule has 2 heterocycles. The van der Waals surface area contributed by atoms with Crippen LogP contribution >= 0.6 is 0 Å². The molecule has 1 aromatic heterocycles. The second-order valence-corrected chi connectivity index (χ2v) is 5.36. The Balaban J connectivity index is 2.24. The summed E-state index contributed by atoms with van der Waals surface area (Å²) in [5, 5.41) is 3.26. The van der Waals surface area contributed by atoms with E-state index in [2.05, 4.69) is 22.1 Å². The summed E-state index contributed by atoms with van der Waals surface area (Å²) < 4.78 is 0. The molecule has 0 radical (unpaired) electrons. The van der Waals surface area contributed by atoms with E-state index in [0.717, 1.165) is 38.0 Å². The fourth-order valence-electron chi connectivity index (χ4n) is 2.93. The molecule has 20 heavy (non-hydrogen) atoms. The standard InChI is InChI=1S/C16H25N3O/c1-3-13-8-6-5-7-11-19(13)16(20)14-12-17-10-9-15(14)18-4-2/h9-10,12-13H,3-8,11H2,1-2H3,(H,17,18). The van der Waals surface area contributed by atoms with Crippen LogP contribution in [-0.4, -0.2) is 34.9 Å². The molecular weight excluding hydrogens is 250 g/mol. The second-order valence-electron chi connectivity index (χ2n) is 5.36. The van der Waals surface area contributed by atoms with Crippen molar-refractivity contribution in [1.82, 2.24) is 9.88 Å². The fraction of sp³-hybridized carbons (Fsp3) is 0.625. The Kier molecular flexibility index (Phi) is 5.39. The van der Waals surface area contributed by atoms with Gasteiger partial charge < -0.3 is 10.2 Å². The van der Waals surface area contributed by atoms with Crippen LogP contribution in [0.15, 0.2) is 18.5 Å². The number of likely N-dealkylation sites (tertiary alicyclic amines) is 1. The number of aromatic nitrogens is 1. The zero-order valence-corrected chi connectivity index (χ0v) is 12.6. The summed E-state index contributed by atoms with van der Waals surface area (Å²) in [5.41, 5.74) is 1.60. The van der Waals surface area contributed by atoms with Crippen molar-refractivity contribution in [3.63, 3.8) is 0 Å². The molecular formula is C16H25N3O. The molecule has 0 saturated carbocycles. The van der Waals surface area contributed by atoms with Crippen molar-refractivity contribution in [2.24, 2.45) is 0 Å². The average molecular weight is 275 g/mol. The molecule has 2 rings (SSSR count). The molecule has 1 aliphatic rings. The van der Waals surface area contributed by atoms with Crippen LogP contribution in [-0.2, 0) is 0 Å². The van der Waals surface area contributed by atoms with Gasteiger partial charge in [0.15, 0.2) is 0 Å². The third kappa shape index (κ3) is 3.30. The zero-order chi connectivity index (χ0) is 14.4. The lowest BCUT2D eigenvalue weighted by Crippen LogP contribution is -2.40. The van der Waals surface area contributed by atoms with E-state index in [9.17, 15) is 4.79 Å². The van der Waals surface area contributed by atoms with Crippen LogP contribution < -0.4 is 5.32 Å². The predicted molar refractivity (Wildman–Crippen MR) is 82.0 cm³/mol. The molecule has 1 unspecified atom stereocenters. The first-order valence-electron chi connectivity index (χ1n) is 7.76. The highest BCUT2D eigenvalue weighted by atomic mass is 16.2. The Bertz CT molecular complexity index is 447. The molecule has 0 aromatic carbocycles. The first kappa shape index (κ1) is 14.8. The van der Waals surface area contributed by atoms with E-state index >= 15 is 0 Å². The predicted octanol–water partition coefficient (Wildman–Crippen LogP) is 3.31. The number of pyridine rings is 1. The maximum Gasteiger partial charge on any atom is 0.257 e. The lowest BCUT2D eigenvalue weighted by Gasteiger charge is -2.30. The van der Waals surface area contributed by atoms with Crippen LogP contribution in [0.5, 0.6) is 0 Å². The topological polar surface area (TPSA) is 45.2 Å². The summed E-state index contributed by atoms with van der Waals surface area (Å²) in [6.07, 6.45) is 9.15. The molecule has 0 aliphatic carbocycles. The highest BCUT2D eigenvalue weighted by Gasteiger charge is 2.26. The first-order valence-corrected chi connectivity index (χ1v) is 7.76. The number of amides is 1. The molecule has 4 heteroatoms. The highest BCUT2D eigenvalue weighted by Crippen LogP contribution is 2.23. The zero-order valence-electron chi connectivity index (χ0n) is 12.6. The molecule has 1 atom stereocenters.